The van der Waals surface area contributed by atoms with Crippen molar-refractivity contribution in [1.82, 2.24) is 10.9 Å². The first-order valence-corrected chi connectivity index (χ1v) is 9.55. The lowest BCUT2D eigenvalue weighted by Gasteiger charge is -2.07. The Bertz CT molecular complexity index is 780. The van der Waals surface area contributed by atoms with Crippen LogP contribution in [-0.2, 0) is 9.59 Å². The number of hydrogen-bond acceptors (Lipinski definition) is 6. The van der Waals surface area contributed by atoms with E-state index in [0.717, 1.165) is 15.4 Å². The Balaban J connectivity index is 1.66. The minimum atomic E-state index is -0.481. The van der Waals surface area contributed by atoms with Gasteiger partial charge in [0.2, 0.25) is 11.8 Å². The summed E-state index contributed by atoms with van der Waals surface area (Å²) in [7, 11) is 0. The topological polar surface area (TPSA) is 101 Å². The van der Waals surface area contributed by atoms with Crippen LogP contribution in [0.5, 0.6) is 0 Å². The van der Waals surface area contributed by atoms with Crippen LogP contribution in [0.2, 0.25) is 0 Å². The maximum absolute atomic E-state index is 11.7. The molecule has 0 fully saturated rings. The fraction of sp³-hybridized carbons (Fsp3) is 0.176. The van der Waals surface area contributed by atoms with E-state index < -0.39 is 4.92 Å². The van der Waals surface area contributed by atoms with Crippen molar-refractivity contribution in [1.29, 1.82) is 0 Å². The van der Waals surface area contributed by atoms with E-state index in [-0.39, 0.29) is 29.0 Å². The summed E-state index contributed by atoms with van der Waals surface area (Å²) in [6.45, 7) is 1.99. The number of nitrogens with zero attached hydrogens (tertiary/aromatic N) is 1. The molecular formula is C17H17N3O4S2. The molecular weight excluding hydrogens is 374 g/mol. The third-order valence-corrected chi connectivity index (χ3v) is 5.17. The first kappa shape index (κ1) is 19.8. The number of nitro groups is 1. The molecule has 0 saturated carbocycles. The number of hydrazine groups is 1. The van der Waals surface area contributed by atoms with Gasteiger partial charge in [-0.2, -0.15) is 0 Å². The van der Waals surface area contributed by atoms with Gasteiger partial charge in [0.05, 0.1) is 16.4 Å². The van der Waals surface area contributed by atoms with E-state index >= 15 is 0 Å². The number of carbonyl (C=O) groups excluding carboxylic acids is 2. The summed E-state index contributed by atoms with van der Waals surface area (Å²) in [6, 6.07) is 13.7. The zero-order chi connectivity index (χ0) is 18.9. The summed E-state index contributed by atoms with van der Waals surface area (Å²) >= 11 is 2.60. The summed E-state index contributed by atoms with van der Waals surface area (Å²) in [6.07, 6.45) is 0. The van der Waals surface area contributed by atoms with Crippen LogP contribution in [0.3, 0.4) is 0 Å². The van der Waals surface area contributed by atoms with Crippen LogP contribution < -0.4 is 10.9 Å². The van der Waals surface area contributed by atoms with E-state index in [0.29, 0.717) is 0 Å². The Morgan fingerprint density at radius 2 is 1.31 bits per heavy atom. The Morgan fingerprint density at radius 3 is 1.73 bits per heavy atom. The van der Waals surface area contributed by atoms with E-state index in [9.17, 15) is 19.7 Å². The lowest BCUT2D eigenvalue weighted by Crippen LogP contribution is -2.43. The number of amides is 2. The molecule has 2 amide bonds. The average molecular weight is 391 g/mol. The Kier molecular flexibility index (Phi) is 7.49. The minimum absolute atomic E-state index is 0.00265. The van der Waals surface area contributed by atoms with Gasteiger partial charge < -0.3 is 0 Å². The third-order valence-electron chi connectivity index (χ3n) is 3.15. The van der Waals surface area contributed by atoms with Gasteiger partial charge in [-0.25, -0.2) is 0 Å². The molecule has 0 aliphatic rings. The highest BCUT2D eigenvalue weighted by molar-refractivity contribution is 8.00. The van der Waals surface area contributed by atoms with Crippen molar-refractivity contribution in [2.45, 2.75) is 16.7 Å². The fourth-order valence-electron chi connectivity index (χ4n) is 1.81. The molecule has 136 valence electrons. The summed E-state index contributed by atoms with van der Waals surface area (Å²) < 4.78 is 0. The average Bonchev–Trinajstić information content (AvgIpc) is 2.64. The molecule has 0 atom stereocenters. The lowest BCUT2D eigenvalue weighted by molar-refractivity contribution is -0.384. The first-order valence-electron chi connectivity index (χ1n) is 7.58. The highest BCUT2D eigenvalue weighted by Crippen LogP contribution is 2.21. The number of benzene rings is 2. The second kappa shape index (κ2) is 9.83. The van der Waals surface area contributed by atoms with E-state index in [2.05, 4.69) is 10.9 Å². The lowest BCUT2D eigenvalue weighted by atomic mass is 10.2. The second-order valence-electron chi connectivity index (χ2n) is 5.24. The number of carbonyl (C=O) groups is 2. The molecule has 2 rings (SSSR count). The van der Waals surface area contributed by atoms with Gasteiger partial charge in [0, 0.05) is 21.9 Å². The largest absolute Gasteiger partial charge is 0.272 e. The molecule has 26 heavy (non-hydrogen) atoms. The smallest absolute Gasteiger partial charge is 0.269 e. The van der Waals surface area contributed by atoms with Crippen molar-refractivity contribution in [3.63, 3.8) is 0 Å². The number of thioether (sulfide) groups is 2. The predicted molar refractivity (Wildman–Crippen MR) is 102 cm³/mol. The van der Waals surface area contributed by atoms with Crippen molar-refractivity contribution in [3.8, 4) is 0 Å². The summed E-state index contributed by atoms with van der Waals surface area (Å²) in [5.41, 5.74) is 5.86. The number of non-ortho nitro benzene ring substituents is 1. The van der Waals surface area contributed by atoms with Crippen molar-refractivity contribution in [3.05, 3.63) is 64.2 Å². The van der Waals surface area contributed by atoms with Crippen molar-refractivity contribution in [2.75, 3.05) is 11.5 Å². The van der Waals surface area contributed by atoms with Crippen LogP contribution in [0.15, 0.2) is 58.3 Å². The quantitative estimate of drug-likeness (QED) is 0.427. The second-order valence-corrected chi connectivity index (χ2v) is 7.34. The molecule has 0 saturated heterocycles. The van der Waals surface area contributed by atoms with E-state index in [1.165, 1.54) is 35.7 Å². The molecule has 0 aliphatic heterocycles. The van der Waals surface area contributed by atoms with Crippen LogP contribution in [-0.4, -0.2) is 28.2 Å². The minimum Gasteiger partial charge on any atom is -0.272 e. The van der Waals surface area contributed by atoms with Gasteiger partial charge in [0.1, 0.15) is 0 Å². The van der Waals surface area contributed by atoms with E-state index in [1.54, 1.807) is 12.1 Å². The number of hydrogen-bond donors (Lipinski definition) is 2. The SMILES string of the molecule is Cc1ccc(SCC(=O)NNC(=O)CSc2ccc([N+](=O)[O-])cc2)cc1. The molecule has 7 nitrogen and oxygen atoms in total. The Hall–Kier alpha value is -2.52. The van der Waals surface area contributed by atoms with Gasteiger partial charge >= 0.3 is 0 Å². The molecule has 0 radical (unpaired) electrons. The van der Waals surface area contributed by atoms with Crippen molar-refractivity contribution in [2.24, 2.45) is 0 Å². The molecule has 0 aromatic heterocycles. The molecule has 0 aliphatic carbocycles. The van der Waals surface area contributed by atoms with Crippen LogP contribution in [0, 0.1) is 17.0 Å². The van der Waals surface area contributed by atoms with Crippen LogP contribution >= 0.6 is 23.5 Å². The van der Waals surface area contributed by atoms with Gasteiger partial charge in [0.25, 0.3) is 5.69 Å². The van der Waals surface area contributed by atoms with Gasteiger partial charge in [-0.15, -0.1) is 23.5 Å². The monoisotopic (exact) mass is 391 g/mol. The van der Waals surface area contributed by atoms with Crippen LogP contribution in [0.1, 0.15) is 5.56 Å². The maximum atomic E-state index is 11.7. The van der Waals surface area contributed by atoms with E-state index in [1.807, 2.05) is 31.2 Å². The summed E-state index contributed by atoms with van der Waals surface area (Å²) in [5, 5.41) is 10.6. The Labute approximate surface area is 159 Å². The molecule has 9 heteroatoms. The van der Waals surface area contributed by atoms with Gasteiger partial charge in [-0.1, -0.05) is 17.7 Å². The highest BCUT2D eigenvalue weighted by atomic mass is 32.2. The summed E-state index contributed by atoms with van der Waals surface area (Å²) in [4.78, 5) is 35.3. The molecule has 2 aromatic carbocycles. The Morgan fingerprint density at radius 1 is 0.885 bits per heavy atom. The number of rotatable bonds is 7. The van der Waals surface area contributed by atoms with Crippen LogP contribution in [0.25, 0.3) is 0 Å². The molecule has 2 N–H and O–H groups in total. The molecule has 0 heterocycles. The predicted octanol–water partition coefficient (Wildman–Crippen LogP) is 2.94. The first-order chi connectivity index (χ1) is 12.4. The fourth-order valence-corrected chi connectivity index (χ4v) is 3.20. The molecule has 0 unspecified atom stereocenters. The maximum Gasteiger partial charge on any atom is 0.269 e. The number of nitrogens with one attached hydrogen (secondary N) is 2. The van der Waals surface area contributed by atoms with Gasteiger partial charge in [0.15, 0.2) is 0 Å². The van der Waals surface area contributed by atoms with Crippen molar-refractivity contribution < 1.29 is 14.5 Å². The zero-order valence-corrected chi connectivity index (χ0v) is 15.6. The molecule has 0 spiro atoms. The highest BCUT2D eigenvalue weighted by Gasteiger charge is 2.08. The number of nitro benzene ring substituents is 1. The van der Waals surface area contributed by atoms with Gasteiger partial charge in [-0.3, -0.25) is 30.6 Å². The molecule has 2 aromatic rings. The number of aryl methyl sites for hydroxylation is 1. The normalized spacial score (nSPS) is 10.2. The van der Waals surface area contributed by atoms with Crippen LogP contribution in [0.4, 0.5) is 5.69 Å². The van der Waals surface area contributed by atoms with Crippen molar-refractivity contribution >= 4 is 41.0 Å². The summed E-state index contributed by atoms with van der Waals surface area (Å²) in [5.74, 6) is -0.381. The van der Waals surface area contributed by atoms with E-state index in [4.69, 9.17) is 0 Å². The standard InChI is InChI=1S/C17H17N3O4S2/c1-12-2-6-14(7-3-12)25-10-16(21)18-19-17(22)11-26-15-8-4-13(5-9-15)20(23)24/h2-9H,10-11H2,1H3,(H,18,21)(H,19,22). The molecule has 0 bridgehead atoms. The zero-order valence-electron chi connectivity index (χ0n) is 13.9. The third kappa shape index (κ3) is 6.77. The van der Waals surface area contributed by atoms with Gasteiger partial charge in [-0.05, 0) is 31.2 Å².